The summed E-state index contributed by atoms with van der Waals surface area (Å²) < 4.78 is 1.29. The molecule has 1 atom stereocenters. The van der Waals surface area contributed by atoms with E-state index in [9.17, 15) is 0 Å². The Morgan fingerprint density at radius 3 is 2.65 bits per heavy atom. The van der Waals surface area contributed by atoms with Crippen LogP contribution < -0.4 is 5.32 Å². The monoisotopic (exact) mass is 321 g/mol. The minimum absolute atomic E-state index is 0.0575. The SMILES string of the molecule is CNC(c1ccc(Cl)cc1Cl)c1cccc2ccsc12. The first-order chi connectivity index (χ1) is 9.70. The Bertz CT molecular complexity index is 751. The lowest BCUT2D eigenvalue weighted by Gasteiger charge is -2.19. The number of halogens is 2. The highest BCUT2D eigenvalue weighted by Gasteiger charge is 2.18. The predicted molar refractivity (Wildman–Crippen MR) is 89.2 cm³/mol. The Balaban J connectivity index is 2.16. The van der Waals surface area contributed by atoms with E-state index in [2.05, 4.69) is 35.0 Å². The maximum Gasteiger partial charge on any atom is 0.0603 e. The van der Waals surface area contributed by atoms with Crippen LogP contribution in [0.5, 0.6) is 0 Å². The van der Waals surface area contributed by atoms with Crippen molar-refractivity contribution in [3.05, 3.63) is 69.0 Å². The van der Waals surface area contributed by atoms with Crippen molar-refractivity contribution in [2.75, 3.05) is 7.05 Å². The minimum Gasteiger partial charge on any atom is -0.309 e. The summed E-state index contributed by atoms with van der Waals surface area (Å²) >= 11 is 14.1. The fourth-order valence-electron chi connectivity index (χ4n) is 2.46. The molecule has 1 aromatic heterocycles. The second kappa shape index (κ2) is 5.74. The molecule has 0 aliphatic heterocycles. The van der Waals surface area contributed by atoms with Crippen LogP contribution in [0, 0.1) is 0 Å². The molecule has 0 radical (unpaired) electrons. The highest BCUT2D eigenvalue weighted by atomic mass is 35.5. The quantitative estimate of drug-likeness (QED) is 0.670. The lowest BCUT2D eigenvalue weighted by molar-refractivity contribution is 0.698. The molecule has 20 heavy (non-hydrogen) atoms. The van der Waals surface area contributed by atoms with E-state index in [0.717, 1.165) is 5.56 Å². The number of nitrogens with one attached hydrogen (secondary N) is 1. The third-order valence-electron chi connectivity index (χ3n) is 3.38. The first-order valence-electron chi connectivity index (χ1n) is 6.29. The molecule has 0 saturated carbocycles. The van der Waals surface area contributed by atoms with Gasteiger partial charge in [0.2, 0.25) is 0 Å². The molecule has 0 saturated heterocycles. The Morgan fingerprint density at radius 2 is 1.90 bits per heavy atom. The third kappa shape index (κ3) is 2.45. The molecular weight excluding hydrogens is 309 g/mol. The molecule has 1 nitrogen and oxygen atoms in total. The van der Waals surface area contributed by atoms with Crippen molar-refractivity contribution < 1.29 is 0 Å². The van der Waals surface area contributed by atoms with Crippen molar-refractivity contribution in [1.29, 1.82) is 0 Å². The molecule has 0 aliphatic carbocycles. The third-order valence-corrected chi connectivity index (χ3v) is 4.92. The standard InChI is InChI=1S/C16H13Cl2NS/c1-19-15(12-6-5-11(17)9-14(12)18)13-4-2-3-10-7-8-20-16(10)13/h2-9,15,19H,1H3. The van der Waals surface area contributed by atoms with Crippen molar-refractivity contribution in [3.8, 4) is 0 Å². The van der Waals surface area contributed by atoms with Gasteiger partial charge in [-0.1, -0.05) is 47.5 Å². The summed E-state index contributed by atoms with van der Waals surface area (Å²) in [5.74, 6) is 0. The van der Waals surface area contributed by atoms with Crippen molar-refractivity contribution in [1.82, 2.24) is 5.32 Å². The lowest BCUT2D eigenvalue weighted by Crippen LogP contribution is -2.18. The minimum atomic E-state index is 0.0575. The number of benzene rings is 2. The topological polar surface area (TPSA) is 12.0 Å². The van der Waals surface area contributed by atoms with E-state index in [1.165, 1.54) is 15.6 Å². The molecule has 0 bridgehead atoms. The van der Waals surface area contributed by atoms with Crippen LogP contribution in [0.3, 0.4) is 0 Å². The highest BCUT2D eigenvalue weighted by molar-refractivity contribution is 7.17. The van der Waals surface area contributed by atoms with Gasteiger partial charge < -0.3 is 5.32 Å². The Kier molecular flexibility index (Phi) is 3.99. The van der Waals surface area contributed by atoms with E-state index in [1.807, 2.05) is 19.2 Å². The Hall–Kier alpha value is -1.06. The van der Waals surface area contributed by atoms with Gasteiger partial charge in [0.15, 0.2) is 0 Å². The van der Waals surface area contributed by atoms with Crippen molar-refractivity contribution in [3.63, 3.8) is 0 Å². The number of fused-ring (bicyclic) bond motifs is 1. The summed E-state index contributed by atoms with van der Waals surface area (Å²) in [5.41, 5.74) is 2.28. The van der Waals surface area contributed by atoms with E-state index in [0.29, 0.717) is 10.0 Å². The second-order valence-electron chi connectivity index (χ2n) is 4.57. The molecule has 0 amide bonds. The van der Waals surface area contributed by atoms with Crippen LogP contribution in [0.2, 0.25) is 10.0 Å². The number of hydrogen-bond donors (Lipinski definition) is 1. The largest absolute Gasteiger partial charge is 0.309 e. The van der Waals surface area contributed by atoms with E-state index in [-0.39, 0.29) is 6.04 Å². The van der Waals surface area contributed by atoms with Crippen molar-refractivity contribution in [2.45, 2.75) is 6.04 Å². The first kappa shape index (κ1) is 13.9. The fraction of sp³-hybridized carbons (Fsp3) is 0.125. The summed E-state index contributed by atoms with van der Waals surface area (Å²) in [6.07, 6.45) is 0. The van der Waals surface area contributed by atoms with Gasteiger partial charge in [-0.15, -0.1) is 11.3 Å². The Morgan fingerprint density at radius 1 is 1.05 bits per heavy atom. The molecule has 1 unspecified atom stereocenters. The van der Waals surface area contributed by atoms with E-state index in [4.69, 9.17) is 23.2 Å². The second-order valence-corrected chi connectivity index (χ2v) is 6.33. The number of hydrogen-bond acceptors (Lipinski definition) is 2. The zero-order valence-electron chi connectivity index (χ0n) is 10.9. The maximum absolute atomic E-state index is 6.36. The molecule has 102 valence electrons. The van der Waals surface area contributed by atoms with Crippen LogP contribution in [-0.2, 0) is 0 Å². The van der Waals surface area contributed by atoms with E-state index >= 15 is 0 Å². The highest BCUT2D eigenvalue weighted by Crippen LogP contribution is 2.35. The van der Waals surface area contributed by atoms with Gasteiger partial charge >= 0.3 is 0 Å². The van der Waals surface area contributed by atoms with Crippen molar-refractivity contribution >= 4 is 44.6 Å². The van der Waals surface area contributed by atoms with Gasteiger partial charge in [-0.05, 0) is 47.1 Å². The molecule has 0 spiro atoms. The van der Waals surface area contributed by atoms with Gasteiger partial charge in [0.05, 0.1) is 6.04 Å². The van der Waals surface area contributed by atoms with Crippen molar-refractivity contribution in [2.24, 2.45) is 0 Å². The molecule has 3 rings (SSSR count). The summed E-state index contributed by atoms with van der Waals surface area (Å²) in [4.78, 5) is 0. The summed E-state index contributed by atoms with van der Waals surface area (Å²) in [7, 11) is 1.95. The van der Waals surface area contributed by atoms with E-state index < -0.39 is 0 Å². The lowest BCUT2D eigenvalue weighted by atomic mass is 9.98. The van der Waals surface area contributed by atoms with Crippen LogP contribution in [0.25, 0.3) is 10.1 Å². The predicted octanol–water partition coefficient (Wildman–Crippen LogP) is 5.52. The normalized spacial score (nSPS) is 12.8. The molecule has 1 heterocycles. The van der Waals surface area contributed by atoms with Crippen LogP contribution >= 0.6 is 34.5 Å². The van der Waals surface area contributed by atoms with Gasteiger partial charge in [0.1, 0.15) is 0 Å². The maximum atomic E-state index is 6.36. The number of rotatable bonds is 3. The van der Waals surface area contributed by atoms with Crippen LogP contribution in [0.1, 0.15) is 17.2 Å². The average molecular weight is 322 g/mol. The summed E-state index contributed by atoms with van der Waals surface area (Å²) in [6, 6.07) is 14.2. The van der Waals surface area contributed by atoms with Gasteiger partial charge in [-0.25, -0.2) is 0 Å². The first-order valence-corrected chi connectivity index (χ1v) is 7.92. The van der Waals surface area contributed by atoms with Gasteiger partial charge in [-0.2, -0.15) is 0 Å². The van der Waals surface area contributed by atoms with Gasteiger partial charge in [-0.3, -0.25) is 0 Å². The summed E-state index contributed by atoms with van der Waals surface area (Å²) in [5, 5.41) is 8.07. The van der Waals surface area contributed by atoms with E-state index in [1.54, 1.807) is 17.4 Å². The molecule has 1 N–H and O–H groups in total. The number of thiophene rings is 1. The smallest absolute Gasteiger partial charge is 0.0603 e. The van der Waals surface area contributed by atoms with Crippen LogP contribution in [0.4, 0.5) is 0 Å². The van der Waals surface area contributed by atoms with Gasteiger partial charge in [0.25, 0.3) is 0 Å². The van der Waals surface area contributed by atoms with Gasteiger partial charge in [0, 0.05) is 14.7 Å². The zero-order valence-corrected chi connectivity index (χ0v) is 13.2. The van der Waals surface area contributed by atoms with Crippen LogP contribution in [-0.4, -0.2) is 7.05 Å². The molecule has 3 aromatic rings. The molecular formula is C16H13Cl2NS. The summed E-state index contributed by atoms with van der Waals surface area (Å²) in [6.45, 7) is 0. The fourth-order valence-corrected chi connectivity index (χ4v) is 3.92. The molecule has 2 aromatic carbocycles. The molecule has 0 aliphatic rings. The van der Waals surface area contributed by atoms with Crippen LogP contribution in [0.15, 0.2) is 47.8 Å². The Labute approximate surface area is 132 Å². The zero-order chi connectivity index (χ0) is 14.1. The molecule has 4 heteroatoms. The average Bonchev–Trinajstić information content (AvgIpc) is 2.91. The molecule has 0 fully saturated rings.